The largest absolute Gasteiger partial charge is 0.504 e. The number of rotatable bonds is 5. The molecule has 1 aliphatic heterocycles. The van der Waals surface area contributed by atoms with Crippen molar-refractivity contribution in [1.82, 2.24) is 9.80 Å². The quantitative estimate of drug-likeness (QED) is 0.667. The molecule has 0 amide bonds. The second kappa shape index (κ2) is 9.43. The number of halogens is 1. The van der Waals surface area contributed by atoms with Gasteiger partial charge in [0.15, 0.2) is 5.75 Å². The predicted molar refractivity (Wildman–Crippen MR) is 121 cm³/mol. The summed E-state index contributed by atoms with van der Waals surface area (Å²) in [5.74, 6) is -0.147. The van der Waals surface area contributed by atoms with Gasteiger partial charge in [0.2, 0.25) is 5.43 Å². The van der Waals surface area contributed by atoms with Crippen LogP contribution in [0.3, 0.4) is 0 Å². The molecule has 0 radical (unpaired) electrons. The number of hydrogen-bond acceptors (Lipinski definition) is 4. The minimum atomic E-state index is -0.333. The van der Waals surface area contributed by atoms with Crippen LogP contribution in [0, 0.1) is 0 Å². The smallest absolute Gasteiger partial charge is 0.220 e. The van der Waals surface area contributed by atoms with Crippen LogP contribution in [0.5, 0.6) is 5.75 Å². The molecule has 1 atom stereocenters. The highest BCUT2D eigenvalue weighted by Crippen LogP contribution is 2.30. The van der Waals surface area contributed by atoms with Crippen LogP contribution in [-0.2, 0) is 6.54 Å². The Bertz CT molecular complexity index is 1030. The molecular weight excluding hydrogens is 396 g/mol. The SMILES string of the molecule is O=c1ccccc(CN2CCN(C(c3ccccc3)c3ccc(Cl)cc3)CC2)c1O. The summed E-state index contributed by atoms with van der Waals surface area (Å²) in [6.07, 6.45) is 0. The van der Waals surface area contributed by atoms with Crippen LogP contribution in [-0.4, -0.2) is 41.1 Å². The van der Waals surface area contributed by atoms with Crippen molar-refractivity contribution in [2.45, 2.75) is 12.6 Å². The summed E-state index contributed by atoms with van der Waals surface area (Å²) in [5.41, 5.74) is 2.83. The predicted octanol–water partition coefficient (Wildman–Crippen LogP) is 4.31. The maximum absolute atomic E-state index is 11.9. The van der Waals surface area contributed by atoms with Gasteiger partial charge in [0.25, 0.3) is 0 Å². The van der Waals surface area contributed by atoms with Crippen molar-refractivity contribution in [3.05, 3.63) is 111 Å². The van der Waals surface area contributed by atoms with Gasteiger partial charge in [-0.1, -0.05) is 72.3 Å². The molecule has 3 aromatic carbocycles. The highest BCUT2D eigenvalue weighted by molar-refractivity contribution is 6.30. The Morgan fingerprint density at radius 3 is 2.10 bits per heavy atom. The van der Waals surface area contributed by atoms with Crippen molar-refractivity contribution >= 4 is 11.6 Å². The second-order valence-electron chi connectivity index (χ2n) is 7.63. The summed E-state index contributed by atoms with van der Waals surface area (Å²) in [6, 6.07) is 25.5. The number of aromatic hydroxyl groups is 1. The molecule has 0 spiro atoms. The lowest BCUT2D eigenvalue weighted by molar-refractivity contribution is 0.104. The zero-order valence-corrected chi connectivity index (χ0v) is 17.5. The Hall–Kier alpha value is -2.66. The van der Waals surface area contributed by atoms with Crippen LogP contribution in [0.4, 0.5) is 0 Å². The van der Waals surface area contributed by atoms with Crippen molar-refractivity contribution in [3.8, 4) is 5.75 Å². The molecule has 0 aliphatic carbocycles. The van der Waals surface area contributed by atoms with Crippen LogP contribution in [0.2, 0.25) is 5.02 Å². The van der Waals surface area contributed by atoms with E-state index in [0.717, 1.165) is 31.2 Å². The first kappa shape index (κ1) is 20.6. The maximum Gasteiger partial charge on any atom is 0.220 e. The van der Waals surface area contributed by atoms with E-state index in [2.05, 4.69) is 46.2 Å². The Labute approximate surface area is 182 Å². The number of benzene rings is 2. The van der Waals surface area contributed by atoms with Gasteiger partial charge in [-0.05, 0) is 29.3 Å². The first-order valence-corrected chi connectivity index (χ1v) is 10.6. The summed E-state index contributed by atoms with van der Waals surface area (Å²) in [4.78, 5) is 16.6. The van der Waals surface area contributed by atoms with E-state index in [1.807, 2.05) is 24.3 Å². The molecule has 154 valence electrons. The average molecular weight is 421 g/mol. The molecule has 1 heterocycles. The molecular formula is C25H25ClN2O2. The molecule has 1 fully saturated rings. The molecule has 4 rings (SSSR count). The van der Waals surface area contributed by atoms with Gasteiger partial charge in [-0.15, -0.1) is 0 Å². The standard InChI is InChI=1S/C25H25ClN2O2/c26-22-12-10-20(11-13-22)24(19-6-2-1-3-7-19)28-16-14-27(15-17-28)18-21-8-4-5-9-23(29)25(21)30/h1-13,24H,14-18H2,(H,29,30). The molecule has 0 bridgehead atoms. The summed E-state index contributed by atoms with van der Waals surface area (Å²) < 4.78 is 0. The highest BCUT2D eigenvalue weighted by Gasteiger charge is 2.26. The minimum Gasteiger partial charge on any atom is -0.504 e. The van der Waals surface area contributed by atoms with E-state index in [-0.39, 0.29) is 17.2 Å². The number of piperazine rings is 1. The molecule has 1 N–H and O–H groups in total. The normalized spacial score (nSPS) is 16.3. The Morgan fingerprint density at radius 2 is 1.40 bits per heavy atom. The molecule has 1 saturated heterocycles. The summed E-state index contributed by atoms with van der Waals surface area (Å²) >= 11 is 6.11. The van der Waals surface area contributed by atoms with Crippen LogP contribution in [0.25, 0.3) is 0 Å². The molecule has 30 heavy (non-hydrogen) atoms. The van der Waals surface area contributed by atoms with E-state index >= 15 is 0 Å². The molecule has 0 aromatic heterocycles. The third-order valence-electron chi connectivity index (χ3n) is 5.66. The monoisotopic (exact) mass is 420 g/mol. The highest BCUT2D eigenvalue weighted by atomic mass is 35.5. The summed E-state index contributed by atoms with van der Waals surface area (Å²) in [5, 5.41) is 10.9. The fraction of sp³-hybridized carbons (Fsp3) is 0.240. The van der Waals surface area contributed by atoms with Crippen LogP contribution in [0.1, 0.15) is 22.7 Å². The van der Waals surface area contributed by atoms with Crippen molar-refractivity contribution in [2.75, 3.05) is 26.2 Å². The van der Waals surface area contributed by atoms with Gasteiger partial charge < -0.3 is 5.11 Å². The summed E-state index contributed by atoms with van der Waals surface area (Å²) in [6.45, 7) is 4.09. The van der Waals surface area contributed by atoms with Crippen LogP contribution < -0.4 is 5.43 Å². The first-order valence-electron chi connectivity index (χ1n) is 10.2. The fourth-order valence-electron chi connectivity index (χ4n) is 4.07. The lowest BCUT2D eigenvalue weighted by atomic mass is 9.96. The Balaban J connectivity index is 1.51. The van der Waals surface area contributed by atoms with Gasteiger partial charge in [-0.2, -0.15) is 0 Å². The van der Waals surface area contributed by atoms with E-state index in [1.165, 1.54) is 17.2 Å². The Morgan fingerprint density at radius 1 is 0.800 bits per heavy atom. The molecule has 1 aliphatic rings. The third kappa shape index (κ3) is 4.73. The molecule has 5 heteroatoms. The maximum atomic E-state index is 11.9. The average Bonchev–Trinajstić information content (AvgIpc) is 2.93. The summed E-state index contributed by atoms with van der Waals surface area (Å²) in [7, 11) is 0. The van der Waals surface area contributed by atoms with E-state index in [1.54, 1.807) is 12.1 Å². The third-order valence-corrected chi connectivity index (χ3v) is 5.91. The van der Waals surface area contributed by atoms with Gasteiger partial charge in [-0.25, -0.2) is 0 Å². The van der Waals surface area contributed by atoms with Gasteiger partial charge in [-0.3, -0.25) is 14.6 Å². The van der Waals surface area contributed by atoms with Crippen LogP contribution in [0.15, 0.2) is 83.7 Å². The molecule has 3 aromatic rings. The van der Waals surface area contributed by atoms with Gasteiger partial charge in [0.1, 0.15) is 0 Å². The lowest BCUT2D eigenvalue weighted by Gasteiger charge is -2.39. The number of nitrogens with zero attached hydrogens (tertiary/aromatic N) is 2. The van der Waals surface area contributed by atoms with Crippen molar-refractivity contribution in [1.29, 1.82) is 0 Å². The first-order chi connectivity index (χ1) is 14.6. The minimum absolute atomic E-state index is 0.147. The molecule has 4 nitrogen and oxygen atoms in total. The Kier molecular flexibility index (Phi) is 6.48. The van der Waals surface area contributed by atoms with Gasteiger partial charge in [0.05, 0.1) is 6.04 Å². The van der Waals surface area contributed by atoms with Crippen molar-refractivity contribution in [3.63, 3.8) is 0 Å². The second-order valence-corrected chi connectivity index (χ2v) is 8.07. The van der Waals surface area contributed by atoms with E-state index < -0.39 is 0 Å². The van der Waals surface area contributed by atoms with E-state index in [0.29, 0.717) is 12.1 Å². The van der Waals surface area contributed by atoms with Crippen molar-refractivity contribution < 1.29 is 5.11 Å². The van der Waals surface area contributed by atoms with E-state index in [9.17, 15) is 9.90 Å². The van der Waals surface area contributed by atoms with Crippen LogP contribution >= 0.6 is 11.6 Å². The van der Waals surface area contributed by atoms with Gasteiger partial charge >= 0.3 is 0 Å². The van der Waals surface area contributed by atoms with E-state index in [4.69, 9.17) is 11.6 Å². The number of hydrogen-bond donors (Lipinski definition) is 1. The fourth-order valence-corrected chi connectivity index (χ4v) is 4.20. The zero-order valence-electron chi connectivity index (χ0n) is 16.7. The topological polar surface area (TPSA) is 43.8 Å². The molecule has 0 saturated carbocycles. The zero-order chi connectivity index (χ0) is 20.9. The van der Waals surface area contributed by atoms with Gasteiger partial charge in [0, 0.05) is 43.3 Å². The van der Waals surface area contributed by atoms with Crippen molar-refractivity contribution in [2.24, 2.45) is 0 Å². The molecule has 1 unspecified atom stereocenters. The lowest BCUT2D eigenvalue weighted by Crippen LogP contribution is -2.47.